The first-order valence-electron chi connectivity index (χ1n) is 8.33. The van der Waals surface area contributed by atoms with Crippen LogP contribution in [0.3, 0.4) is 0 Å². The predicted octanol–water partition coefficient (Wildman–Crippen LogP) is 4.97. The summed E-state index contributed by atoms with van der Waals surface area (Å²) >= 11 is 0.723. The Labute approximate surface area is 166 Å². The molecule has 0 aliphatic carbocycles. The maximum atomic E-state index is 12.9. The third-order valence-corrected chi connectivity index (χ3v) is 4.72. The minimum absolute atomic E-state index is 0.331. The number of carbonyl (C=O) groups is 2. The van der Waals surface area contributed by atoms with Crippen molar-refractivity contribution in [2.45, 2.75) is 4.90 Å². The van der Waals surface area contributed by atoms with E-state index in [2.05, 4.69) is 5.32 Å². The van der Waals surface area contributed by atoms with Crippen molar-refractivity contribution in [2.24, 2.45) is 0 Å². The molecular weight excluding hydrogens is 376 g/mol. The summed E-state index contributed by atoms with van der Waals surface area (Å²) in [5.74, 6) is 0.361. The molecule has 7 heteroatoms. The van der Waals surface area contributed by atoms with Crippen molar-refractivity contribution in [3.8, 4) is 16.9 Å². The minimum atomic E-state index is -0.976. The Morgan fingerprint density at radius 1 is 1.00 bits per heavy atom. The SMILES string of the molecule is COc1ccc(NC(=O)c2c(N)cccc2-c2ccc(SC(=O)O)cc2)cc1. The van der Waals surface area contributed by atoms with Crippen LogP contribution in [0.2, 0.25) is 0 Å². The highest BCUT2D eigenvalue weighted by atomic mass is 32.2. The molecule has 3 aromatic carbocycles. The van der Waals surface area contributed by atoms with E-state index in [1.165, 1.54) is 0 Å². The average Bonchev–Trinajstić information content (AvgIpc) is 2.68. The molecule has 0 aromatic heterocycles. The van der Waals surface area contributed by atoms with Gasteiger partial charge in [0.2, 0.25) is 0 Å². The highest BCUT2D eigenvalue weighted by Crippen LogP contribution is 2.30. The van der Waals surface area contributed by atoms with Crippen molar-refractivity contribution in [3.63, 3.8) is 0 Å². The number of thioether (sulfide) groups is 1. The van der Waals surface area contributed by atoms with Gasteiger partial charge in [-0.25, -0.2) is 4.79 Å². The van der Waals surface area contributed by atoms with Crippen LogP contribution in [0.15, 0.2) is 71.6 Å². The van der Waals surface area contributed by atoms with Crippen LogP contribution in [0.5, 0.6) is 5.75 Å². The van der Waals surface area contributed by atoms with Crippen LogP contribution in [-0.4, -0.2) is 23.4 Å². The van der Waals surface area contributed by atoms with E-state index in [4.69, 9.17) is 15.6 Å². The number of nitrogen functional groups attached to an aromatic ring is 1. The molecule has 142 valence electrons. The number of hydrogen-bond acceptors (Lipinski definition) is 5. The molecule has 4 N–H and O–H groups in total. The van der Waals surface area contributed by atoms with E-state index < -0.39 is 5.30 Å². The van der Waals surface area contributed by atoms with E-state index in [0.717, 1.165) is 17.3 Å². The van der Waals surface area contributed by atoms with Gasteiger partial charge >= 0.3 is 5.30 Å². The summed E-state index contributed by atoms with van der Waals surface area (Å²) in [7, 11) is 1.57. The van der Waals surface area contributed by atoms with Crippen molar-refractivity contribution in [1.82, 2.24) is 0 Å². The molecule has 0 bridgehead atoms. The summed E-state index contributed by atoms with van der Waals surface area (Å²) in [6.45, 7) is 0. The lowest BCUT2D eigenvalue weighted by atomic mass is 9.97. The van der Waals surface area contributed by atoms with Gasteiger partial charge in [0, 0.05) is 16.3 Å². The number of carboxylic acid groups (broad SMARTS) is 1. The van der Waals surface area contributed by atoms with E-state index in [-0.39, 0.29) is 5.91 Å². The van der Waals surface area contributed by atoms with Gasteiger partial charge in [0.25, 0.3) is 5.91 Å². The Hall–Kier alpha value is -3.45. The number of benzene rings is 3. The van der Waals surface area contributed by atoms with Crippen LogP contribution in [-0.2, 0) is 0 Å². The molecule has 3 rings (SSSR count). The first-order valence-corrected chi connectivity index (χ1v) is 9.14. The molecule has 0 spiro atoms. The highest BCUT2D eigenvalue weighted by Gasteiger charge is 2.17. The van der Waals surface area contributed by atoms with E-state index in [1.807, 2.05) is 0 Å². The number of methoxy groups -OCH3 is 1. The van der Waals surface area contributed by atoms with Crippen molar-refractivity contribution in [1.29, 1.82) is 0 Å². The van der Waals surface area contributed by atoms with Gasteiger partial charge in [-0.3, -0.25) is 4.79 Å². The Bertz CT molecular complexity index is 1000. The number of rotatable bonds is 5. The molecular formula is C21H18N2O4S. The van der Waals surface area contributed by atoms with Crippen LogP contribution in [0.1, 0.15) is 10.4 Å². The molecule has 0 heterocycles. The zero-order valence-corrected chi connectivity index (χ0v) is 15.8. The number of carbonyl (C=O) groups excluding carboxylic acids is 1. The molecule has 0 unspecified atom stereocenters. The fourth-order valence-electron chi connectivity index (χ4n) is 2.74. The lowest BCUT2D eigenvalue weighted by Gasteiger charge is -2.13. The van der Waals surface area contributed by atoms with E-state index in [0.29, 0.717) is 33.1 Å². The summed E-state index contributed by atoms with van der Waals surface area (Å²) in [5, 5.41) is 10.7. The Balaban J connectivity index is 1.90. The number of hydrogen-bond donors (Lipinski definition) is 3. The molecule has 1 amide bonds. The van der Waals surface area contributed by atoms with Gasteiger partial charge in [0.1, 0.15) is 5.75 Å². The zero-order valence-electron chi connectivity index (χ0n) is 15.0. The van der Waals surface area contributed by atoms with Crippen LogP contribution in [0.4, 0.5) is 16.2 Å². The Kier molecular flexibility index (Phi) is 5.86. The number of amides is 1. The second-order valence-electron chi connectivity index (χ2n) is 5.84. The smallest absolute Gasteiger partial charge is 0.369 e. The Morgan fingerprint density at radius 3 is 2.29 bits per heavy atom. The second-order valence-corrected chi connectivity index (χ2v) is 6.87. The van der Waals surface area contributed by atoms with Gasteiger partial charge in [0.05, 0.1) is 12.7 Å². The number of anilines is 2. The molecule has 6 nitrogen and oxygen atoms in total. The van der Waals surface area contributed by atoms with Crippen LogP contribution in [0.25, 0.3) is 11.1 Å². The lowest BCUT2D eigenvalue weighted by Crippen LogP contribution is -2.15. The summed E-state index contributed by atoms with van der Waals surface area (Å²) in [5.41, 5.74) is 8.85. The van der Waals surface area contributed by atoms with Crippen molar-refractivity contribution >= 4 is 34.3 Å². The molecule has 0 aliphatic rings. The minimum Gasteiger partial charge on any atom is -0.497 e. The molecule has 0 aliphatic heterocycles. The maximum absolute atomic E-state index is 12.9. The molecule has 0 atom stereocenters. The van der Waals surface area contributed by atoms with E-state index in [1.54, 1.807) is 73.8 Å². The van der Waals surface area contributed by atoms with Gasteiger partial charge in [-0.05, 0) is 65.4 Å². The van der Waals surface area contributed by atoms with E-state index in [9.17, 15) is 9.59 Å². The molecule has 0 fully saturated rings. The average molecular weight is 394 g/mol. The van der Waals surface area contributed by atoms with Gasteiger partial charge in [-0.1, -0.05) is 24.3 Å². The van der Waals surface area contributed by atoms with Crippen molar-refractivity contribution in [3.05, 3.63) is 72.3 Å². The molecule has 0 saturated carbocycles. The van der Waals surface area contributed by atoms with E-state index >= 15 is 0 Å². The van der Waals surface area contributed by atoms with Crippen LogP contribution in [0, 0.1) is 0 Å². The summed E-state index contributed by atoms with van der Waals surface area (Å²) < 4.78 is 5.12. The van der Waals surface area contributed by atoms with Crippen molar-refractivity contribution < 1.29 is 19.4 Å². The highest BCUT2D eigenvalue weighted by molar-refractivity contribution is 8.13. The second kappa shape index (κ2) is 8.49. The van der Waals surface area contributed by atoms with Crippen LogP contribution < -0.4 is 15.8 Å². The predicted molar refractivity (Wildman–Crippen MR) is 111 cm³/mol. The quantitative estimate of drug-likeness (QED) is 0.417. The first kappa shape index (κ1) is 19.3. The largest absolute Gasteiger partial charge is 0.497 e. The molecule has 3 aromatic rings. The normalized spacial score (nSPS) is 10.3. The summed E-state index contributed by atoms with van der Waals surface area (Å²) in [6.07, 6.45) is 0. The van der Waals surface area contributed by atoms with Gasteiger partial charge < -0.3 is 20.9 Å². The molecule has 0 saturated heterocycles. The van der Waals surface area contributed by atoms with Crippen molar-refractivity contribution in [2.75, 3.05) is 18.2 Å². The number of nitrogens with one attached hydrogen (secondary N) is 1. The van der Waals surface area contributed by atoms with Gasteiger partial charge in [0.15, 0.2) is 0 Å². The third-order valence-electron chi connectivity index (χ3n) is 4.04. The molecule has 28 heavy (non-hydrogen) atoms. The third kappa shape index (κ3) is 4.44. The number of ether oxygens (including phenoxy) is 1. The fourth-order valence-corrected chi connectivity index (χ4v) is 3.21. The van der Waals surface area contributed by atoms with Gasteiger partial charge in [-0.2, -0.15) is 0 Å². The zero-order chi connectivity index (χ0) is 20.1. The fraction of sp³-hybridized carbons (Fsp3) is 0.0476. The maximum Gasteiger partial charge on any atom is 0.369 e. The monoisotopic (exact) mass is 394 g/mol. The summed E-state index contributed by atoms with van der Waals surface area (Å²) in [6, 6.07) is 19.2. The standard InChI is InChI=1S/C21H18N2O4S/c1-27-15-9-7-14(8-10-15)23-20(24)19-17(3-2-4-18(19)22)13-5-11-16(12-6-13)28-21(25)26/h2-12H,22H2,1H3,(H,23,24)(H,25,26). The van der Waals surface area contributed by atoms with Crippen LogP contribution >= 0.6 is 11.8 Å². The summed E-state index contributed by atoms with van der Waals surface area (Å²) in [4.78, 5) is 24.3. The lowest BCUT2D eigenvalue weighted by molar-refractivity contribution is 0.102. The topological polar surface area (TPSA) is 102 Å². The number of nitrogens with two attached hydrogens (primary N) is 1. The molecule has 0 radical (unpaired) electrons. The first-order chi connectivity index (χ1) is 13.5. The Morgan fingerprint density at radius 2 is 1.68 bits per heavy atom. The van der Waals surface area contributed by atoms with Gasteiger partial charge in [-0.15, -0.1) is 0 Å².